The lowest BCUT2D eigenvalue weighted by Gasteiger charge is -2.10. The zero-order valence-corrected chi connectivity index (χ0v) is 8.48. The molecule has 1 rings (SSSR count). The Labute approximate surface area is 80.3 Å². The molecule has 0 saturated carbocycles. The third-order valence-electron chi connectivity index (χ3n) is 1.25. The van der Waals surface area contributed by atoms with Gasteiger partial charge < -0.3 is 5.32 Å². The van der Waals surface area contributed by atoms with Crippen molar-refractivity contribution in [2.45, 2.75) is 12.4 Å². The number of nitrogens with zero attached hydrogens (tertiary/aromatic N) is 1. The second kappa shape index (κ2) is 3.80. The molecule has 0 radical (unpaired) electrons. The zero-order chi connectivity index (χ0) is 10.1. The van der Waals surface area contributed by atoms with Gasteiger partial charge in [0.05, 0.1) is 6.67 Å². The summed E-state index contributed by atoms with van der Waals surface area (Å²) in [5.74, 6) is -0.235. The highest BCUT2D eigenvalue weighted by Gasteiger charge is 2.29. The van der Waals surface area contributed by atoms with Gasteiger partial charge >= 0.3 is 0 Å². The van der Waals surface area contributed by atoms with E-state index in [9.17, 15) is 13.2 Å². The smallest absolute Gasteiger partial charge is 0.287 e. The van der Waals surface area contributed by atoms with Gasteiger partial charge in [0.1, 0.15) is 5.50 Å². The van der Waals surface area contributed by atoms with E-state index in [0.29, 0.717) is 0 Å². The van der Waals surface area contributed by atoms with E-state index >= 15 is 0 Å². The van der Waals surface area contributed by atoms with E-state index in [-0.39, 0.29) is 12.6 Å². The van der Waals surface area contributed by atoms with Crippen LogP contribution in [0.5, 0.6) is 0 Å². The Balaban J connectivity index is 2.50. The van der Waals surface area contributed by atoms with Crippen LogP contribution in [0.4, 0.5) is 0 Å². The van der Waals surface area contributed by atoms with Gasteiger partial charge in [0.2, 0.25) is 5.91 Å². The number of nitrogens with two attached hydrogens (primary N) is 1. The quantitative estimate of drug-likeness (QED) is 0.478. The van der Waals surface area contributed by atoms with Crippen molar-refractivity contribution in [2.24, 2.45) is 5.14 Å². The second-order valence-corrected chi connectivity index (χ2v) is 5.22. The highest BCUT2D eigenvalue weighted by atomic mass is 32.3. The molecule has 1 unspecified atom stereocenters. The zero-order valence-electron chi connectivity index (χ0n) is 6.85. The molecule has 0 bridgehead atoms. The molecule has 1 aliphatic heterocycles. The lowest BCUT2D eigenvalue weighted by atomic mass is 10.7. The average Bonchev–Trinajstić information content (AvgIpc) is 2.32. The largest absolute Gasteiger partial charge is 0.331 e. The fourth-order valence-electron chi connectivity index (χ4n) is 0.762. The molecule has 1 fully saturated rings. The minimum absolute atomic E-state index is 0.0917. The highest BCUT2D eigenvalue weighted by molar-refractivity contribution is 8.08. The molecular weight excluding hydrogens is 216 g/mol. The molecule has 13 heavy (non-hydrogen) atoms. The summed E-state index contributed by atoms with van der Waals surface area (Å²) in [6.45, 7) is 1.44. The maximum atomic E-state index is 10.8. The van der Waals surface area contributed by atoms with Crippen LogP contribution in [0.1, 0.15) is 6.92 Å². The van der Waals surface area contributed by atoms with E-state index < -0.39 is 15.7 Å². The van der Waals surface area contributed by atoms with Crippen LogP contribution in [0.15, 0.2) is 0 Å². The van der Waals surface area contributed by atoms with Crippen LogP contribution in [-0.4, -0.2) is 30.2 Å². The molecule has 1 amide bonds. The number of hydrogen-bond acceptors (Lipinski definition) is 5. The van der Waals surface area contributed by atoms with Crippen LogP contribution < -0.4 is 15.8 Å². The first-order valence-electron chi connectivity index (χ1n) is 3.37. The summed E-state index contributed by atoms with van der Waals surface area (Å²) < 4.78 is 22.6. The summed E-state index contributed by atoms with van der Waals surface area (Å²) in [6.07, 6.45) is 0. The van der Waals surface area contributed by atoms with E-state index in [2.05, 4.69) is 10.6 Å². The number of carbonyl (C=O) groups excluding carboxylic acids is 1. The van der Waals surface area contributed by atoms with Crippen molar-refractivity contribution in [1.82, 2.24) is 14.3 Å². The number of amides is 1. The molecule has 1 saturated heterocycles. The van der Waals surface area contributed by atoms with Gasteiger partial charge in [0, 0.05) is 6.92 Å². The average molecular weight is 226 g/mol. The molecule has 0 spiro atoms. The molecule has 1 aliphatic rings. The Hall–Kier alpha value is -0.350. The lowest BCUT2D eigenvalue weighted by molar-refractivity contribution is -0.119. The van der Waals surface area contributed by atoms with Crippen LogP contribution >= 0.6 is 11.9 Å². The number of carbonyl (C=O) groups is 1. The number of nitrogens with one attached hydrogen (secondary N) is 2. The molecular formula is C4H10N4O3S2. The first-order chi connectivity index (χ1) is 5.89. The van der Waals surface area contributed by atoms with Gasteiger partial charge in [-0.25, -0.2) is 5.14 Å². The molecule has 9 heteroatoms. The van der Waals surface area contributed by atoms with E-state index in [1.54, 1.807) is 0 Å². The predicted molar refractivity (Wildman–Crippen MR) is 48.1 cm³/mol. The van der Waals surface area contributed by atoms with Gasteiger partial charge in [-0.05, 0) is 11.9 Å². The molecule has 1 heterocycles. The number of hydrogen-bond donors (Lipinski definition) is 3. The SMILES string of the molecule is CC(=O)NC1NCN(S(N)(=O)=O)S1. The Bertz CT molecular complexity index is 303. The minimum Gasteiger partial charge on any atom is -0.331 e. The minimum atomic E-state index is -3.69. The number of rotatable bonds is 2. The van der Waals surface area contributed by atoms with Gasteiger partial charge in [0.15, 0.2) is 0 Å². The Morgan fingerprint density at radius 1 is 1.77 bits per heavy atom. The summed E-state index contributed by atoms with van der Waals surface area (Å²) in [5.41, 5.74) is -0.434. The normalized spacial score (nSPS) is 24.6. The first kappa shape index (κ1) is 10.7. The summed E-state index contributed by atoms with van der Waals surface area (Å²) in [7, 11) is -3.69. The van der Waals surface area contributed by atoms with Crippen molar-refractivity contribution in [2.75, 3.05) is 6.67 Å². The molecule has 0 aromatic rings. The molecule has 0 aromatic heterocycles. The van der Waals surface area contributed by atoms with Gasteiger partial charge in [-0.3, -0.25) is 10.1 Å². The monoisotopic (exact) mass is 226 g/mol. The summed E-state index contributed by atoms with van der Waals surface area (Å²) in [6, 6.07) is 0. The van der Waals surface area contributed by atoms with Gasteiger partial charge in [-0.2, -0.15) is 8.42 Å². The third-order valence-corrected chi connectivity index (χ3v) is 3.68. The summed E-state index contributed by atoms with van der Waals surface area (Å²) >= 11 is 0.923. The Morgan fingerprint density at radius 3 is 2.77 bits per heavy atom. The van der Waals surface area contributed by atoms with Gasteiger partial charge in [0.25, 0.3) is 10.2 Å². The first-order valence-corrected chi connectivity index (χ1v) is 5.71. The summed E-state index contributed by atoms with van der Waals surface area (Å²) in [4.78, 5) is 10.6. The van der Waals surface area contributed by atoms with Crippen molar-refractivity contribution in [3.05, 3.63) is 0 Å². The maximum absolute atomic E-state index is 10.8. The van der Waals surface area contributed by atoms with Crippen LogP contribution in [0.2, 0.25) is 0 Å². The van der Waals surface area contributed by atoms with Crippen molar-refractivity contribution in [3.8, 4) is 0 Å². The molecule has 0 aliphatic carbocycles. The van der Waals surface area contributed by atoms with E-state index in [4.69, 9.17) is 5.14 Å². The summed E-state index contributed by atoms with van der Waals surface area (Å²) in [5, 5.41) is 10.1. The molecule has 76 valence electrons. The third kappa shape index (κ3) is 3.12. The highest BCUT2D eigenvalue weighted by Crippen LogP contribution is 2.20. The van der Waals surface area contributed by atoms with Gasteiger partial charge in [-0.1, -0.05) is 0 Å². The Kier molecular flexibility index (Phi) is 3.14. The van der Waals surface area contributed by atoms with Crippen LogP contribution in [0, 0.1) is 0 Å². The molecule has 1 atom stereocenters. The molecule has 4 N–H and O–H groups in total. The topological polar surface area (TPSA) is 105 Å². The Morgan fingerprint density at radius 2 is 2.38 bits per heavy atom. The maximum Gasteiger partial charge on any atom is 0.287 e. The lowest BCUT2D eigenvalue weighted by Crippen LogP contribution is -2.38. The standard InChI is InChI=1S/C4H10N4O3S2/c1-3(9)7-4-6-2-8(12-4)13(5,10)11/h4,6H,2H2,1H3,(H,7,9)(H2,5,10,11). The van der Waals surface area contributed by atoms with Crippen molar-refractivity contribution in [3.63, 3.8) is 0 Å². The van der Waals surface area contributed by atoms with Crippen LogP contribution in [-0.2, 0) is 15.0 Å². The van der Waals surface area contributed by atoms with Gasteiger partial charge in [-0.15, -0.1) is 3.71 Å². The fraction of sp³-hybridized carbons (Fsp3) is 0.750. The van der Waals surface area contributed by atoms with Crippen molar-refractivity contribution in [1.29, 1.82) is 0 Å². The predicted octanol–water partition coefficient (Wildman–Crippen LogP) is -1.88. The van der Waals surface area contributed by atoms with Crippen LogP contribution in [0.25, 0.3) is 0 Å². The van der Waals surface area contributed by atoms with E-state index in [1.807, 2.05) is 0 Å². The van der Waals surface area contributed by atoms with Crippen LogP contribution in [0.3, 0.4) is 0 Å². The molecule has 0 aromatic carbocycles. The molecule has 7 nitrogen and oxygen atoms in total. The van der Waals surface area contributed by atoms with E-state index in [1.165, 1.54) is 6.92 Å². The van der Waals surface area contributed by atoms with Crippen molar-refractivity contribution < 1.29 is 13.2 Å². The fourth-order valence-corrected chi connectivity index (χ4v) is 2.51. The van der Waals surface area contributed by atoms with E-state index in [0.717, 1.165) is 15.7 Å². The second-order valence-electron chi connectivity index (χ2n) is 2.40. The van der Waals surface area contributed by atoms with Crippen molar-refractivity contribution >= 4 is 28.1 Å².